The number of rotatable bonds is 6. The van der Waals surface area contributed by atoms with E-state index in [1.54, 1.807) is 6.92 Å². The van der Waals surface area contributed by atoms with E-state index in [1.807, 2.05) is 0 Å². The zero-order valence-electron chi connectivity index (χ0n) is 13.8. The molecule has 0 atom stereocenters. The third-order valence-corrected chi connectivity index (χ3v) is 7.23. The Balaban J connectivity index is 2.41. The number of hydrogen-bond acceptors (Lipinski definition) is 7. The first-order valence-corrected chi connectivity index (χ1v) is 11.6. The molecule has 0 fully saturated rings. The molecule has 1 N–H and O–H groups in total. The summed E-state index contributed by atoms with van der Waals surface area (Å²) in [6, 6.07) is 8.71. The lowest BCUT2D eigenvalue weighted by atomic mass is 10.1. The highest BCUT2D eigenvalue weighted by Gasteiger charge is 2.27. The molecule has 2 aromatic rings. The van der Waals surface area contributed by atoms with Gasteiger partial charge in [-0.2, -0.15) is 25.3 Å². The number of aryl methyl sites for hydroxylation is 2. The van der Waals surface area contributed by atoms with E-state index in [2.05, 4.69) is 3.63 Å². The molecule has 0 radical (unpaired) electrons. The molecule has 0 aromatic heterocycles. The summed E-state index contributed by atoms with van der Waals surface area (Å²) < 4.78 is 84.4. The van der Waals surface area contributed by atoms with Crippen LogP contribution in [0.15, 0.2) is 52.3 Å². The molecule has 0 aliphatic carbocycles. The van der Waals surface area contributed by atoms with E-state index in [9.17, 15) is 25.3 Å². The maximum atomic E-state index is 12.3. The average Bonchev–Trinajstić information content (AvgIpc) is 2.47. The van der Waals surface area contributed by atoms with Crippen LogP contribution in [-0.4, -0.2) is 29.8 Å². The van der Waals surface area contributed by atoms with Gasteiger partial charge in [0.25, 0.3) is 10.1 Å². The SMILES string of the molecule is Cc1ccc(S(=O)(=O)OS(=O)(=O)c2ccc(C)c(CS(=O)(=O)O)c2)cc1. The van der Waals surface area contributed by atoms with E-state index >= 15 is 0 Å². The summed E-state index contributed by atoms with van der Waals surface area (Å²) in [5.41, 5.74) is 1.19. The van der Waals surface area contributed by atoms with Crippen molar-refractivity contribution in [3.05, 3.63) is 59.2 Å². The second kappa shape index (κ2) is 7.08. The van der Waals surface area contributed by atoms with Gasteiger partial charge in [-0.15, -0.1) is 3.63 Å². The molecule has 2 rings (SSSR count). The standard InChI is InChI=1S/C15H16O8S3/c1-11-3-6-14(7-4-11)25(19,20)23-26(21,22)15-8-5-12(2)13(9-15)10-24(16,17)18/h3-9H,10H2,1-2H3,(H,16,17,18). The molecule has 0 spiro atoms. The third kappa shape index (κ3) is 5.11. The zero-order valence-corrected chi connectivity index (χ0v) is 16.2. The molecule has 0 saturated carbocycles. The molecule has 0 saturated heterocycles. The van der Waals surface area contributed by atoms with Crippen molar-refractivity contribution in [2.24, 2.45) is 0 Å². The van der Waals surface area contributed by atoms with Crippen molar-refractivity contribution in [2.75, 3.05) is 0 Å². The van der Waals surface area contributed by atoms with Gasteiger partial charge < -0.3 is 0 Å². The van der Waals surface area contributed by atoms with E-state index in [-0.39, 0.29) is 10.5 Å². The van der Waals surface area contributed by atoms with Crippen LogP contribution in [0.25, 0.3) is 0 Å². The molecule has 8 nitrogen and oxygen atoms in total. The molecular formula is C15H16O8S3. The van der Waals surface area contributed by atoms with Crippen LogP contribution < -0.4 is 0 Å². The van der Waals surface area contributed by atoms with Crippen LogP contribution in [0.2, 0.25) is 0 Å². The molecule has 0 unspecified atom stereocenters. The second-order valence-corrected chi connectivity index (χ2v) is 10.4. The molecule has 26 heavy (non-hydrogen) atoms. The van der Waals surface area contributed by atoms with Crippen molar-refractivity contribution in [3.63, 3.8) is 0 Å². The smallest absolute Gasteiger partial charge is 0.285 e. The van der Waals surface area contributed by atoms with Crippen LogP contribution >= 0.6 is 0 Å². The third-order valence-electron chi connectivity index (χ3n) is 3.44. The van der Waals surface area contributed by atoms with Crippen molar-refractivity contribution in [1.29, 1.82) is 0 Å². The minimum absolute atomic E-state index is 0.00455. The Labute approximate surface area is 152 Å². The summed E-state index contributed by atoms with van der Waals surface area (Å²) in [6.07, 6.45) is 0. The van der Waals surface area contributed by atoms with Crippen molar-refractivity contribution >= 4 is 30.4 Å². The Morgan fingerprint density at radius 1 is 0.808 bits per heavy atom. The first kappa shape index (κ1) is 20.5. The molecular weight excluding hydrogens is 404 g/mol. The van der Waals surface area contributed by atoms with Crippen LogP contribution in [0, 0.1) is 13.8 Å². The van der Waals surface area contributed by atoms with E-state index in [1.165, 1.54) is 37.3 Å². The average molecular weight is 420 g/mol. The lowest BCUT2D eigenvalue weighted by Gasteiger charge is -2.09. The minimum atomic E-state index is -4.74. The highest BCUT2D eigenvalue weighted by Crippen LogP contribution is 2.23. The van der Waals surface area contributed by atoms with Gasteiger partial charge in [0, 0.05) is 0 Å². The fourth-order valence-corrected chi connectivity index (χ4v) is 5.32. The van der Waals surface area contributed by atoms with Crippen LogP contribution in [0.1, 0.15) is 16.7 Å². The molecule has 0 amide bonds. The van der Waals surface area contributed by atoms with Gasteiger partial charge in [-0.25, -0.2) is 0 Å². The van der Waals surface area contributed by atoms with Crippen LogP contribution in [0.3, 0.4) is 0 Å². The monoisotopic (exact) mass is 420 g/mol. The summed E-state index contributed by atoms with van der Waals surface area (Å²) in [7, 11) is -13.7. The van der Waals surface area contributed by atoms with Gasteiger partial charge in [0.15, 0.2) is 0 Å². The summed E-state index contributed by atoms with van der Waals surface area (Å²) >= 11 is 0. The van der Waals surface area contributed by atoms with Crippen molar-refractivity contribution in [3.8, 4) is 0 Å². The van der Waals surface area contributed by atoms with E-state index in [4.69, 9.17) is 4.55 Å². The summed E-state index contributed by atoms with van der Waals surface area (Å²) in [6.45, 7) is 3.25. The fraction of sp³-hybridized carbons (Fsp3) is 0.200. The Kier molecular flexibility index (Phi) is 5.59. The summed E-state index contributed by atoms with van der Waals surface area (Å²) in [4.78, 5) is -0.880. The second-order valence-electron chi connectivity index (χ2n) is 5.60. The first-order valence-electron chi connectivity index (χ1n) is 7.13. The normalized spacial score (nSPS) is 12.9. The van der Waals surface area contributed by atoms with Crippen LogP contribution in [-0.2, 0) is 39.7 Å². The Bertz CT molecular complexity index is 1130. The van der Waals surface area contributed by atoms with Gasteiger partial charge in [-0.05, 0) is 49.2 Å². The Morgan fingerprint density at radius 3 is 1.85 bits per heavy atom. The molecule has 11 heteroatoms. The van der Waals surface area contributed by atoms with Gasteiger partial charge in [0.05, 0.1) is 9.79 Å². The lowest BCUT2D eigenvalue weighted by Crippen LogP contribution is -2.15. The largest absolute Gasteiger partial charge is 0.311 e. The maximum Gasteiger partial charge on any atom is 0.311 e. The maximum absolute atomic E-state index is 12.3. The Hall–Kier alpha value is -1.79. The van der Waals surface area contributed by atoms with E-state index in [0.29, 0.717) is 5.56 Å². The zero-order chi connectivity index (χ0) is 19.8. The summed E-state index contributed by atoms with van der Waals surface area (Å²) in [5.74, 6) is -0.813. The summed E-state index contributed by atoms with van der Waals surface area (Å²) in [5, 5.41) is 0. The van der Waals surface area contributed by atoms with Crippen LogP contribution in [0.5, 0.6) is 0 Å². The molecule has 0 aliphatic heterocycles. The molecule has 0 aliphatic rings. The van der Waals surface area contributed by atoms with Gasteiger partial charge in [-0.3, -0.25) is 4.55 Å². The molecule has 142 valence electrons. The highest BCUT2D eigenvalue weighted by molar-refractivity contribution is 7.99. The van der Waals surface area contributed by atoms with Crippen molar-refractivity contribution in [1.82, 2.24) is 0 Å². The van der Waals surface area contributed by atoms with Crippen molar-refractivity contribution in [2.45, 2.75) is 29.4 Å². The van der Waals surface area contributed by atoms with E-state index < -0.39 is 41.0 Å². The number of benzene rings is 2. The predicted octanol–water partition coefficient (Wildman–Crippen LogP) is 1.79. The van der Waals surface area contributed by atoms with Crippen LogP contribution in [0.4, 0.5) is 0 Å². The van der Waals surface area contributed by atoms with Gasteiger partial charge in [0.2, 0.25) is 0 Å². The van der Waals surface area contributed by atoms with Crippen molar-refractivity contribution < 1.29 is 33.4 Å². The fourth-order valence-electron chi connectivity index (χ4n) is 2.06. The Morgan fingerprint density at radius 2 is 1.31 bits per heavy atom. The quantitative estimate of drug-likeness (QED) is 0.700. The predicted molar refractivity (Wildman–Crippen MR) is 93.1 cm³/mol. The molecule has 0 bridgehead atoms. The lowest BCUT2D eigenvalue weighted by molar-refractivity contribution is 0.461. The first-order chi connectivity index (χ1) is 11.8. The highest BCUT2D eigenvalue weighted by atomic mass is 32.3. The molecule has 2 aromatic carbocycles. The number of hydrogen-bond donors (Lipinski definition) is 1. The van der Waals surface area contributed by atoms with E-state index in [0.717, 1.165) is 17.7 Å². The minimum Gasteiger partial charge on any atom is -0.285 e. The molecule has 0 heterocycles. The van der Waals surface area contributed by atoms with Gasteiger partial charge in [0.1, 0.15) is 5.75 Å². The van der Waals surface area contributed by atoms with Gasteiger partial charge >= 0.3 is 20.2 Å². The van der Waals surface area contributed by atoms with Gasteiger partial charge in [-0.1, -0.05) is 23.8 Å². The topological polar surface area (TPSA) is 132 Å².